The molecule has 1 amide bonds. The van der Waals surface area contributed by atoms with Crippen LogP contribution in [0.1, 0.15) is 40.2 Å². The maximum absolute atomic E-state index is 11.1. The lowest BCUT2D eigenvalue weighted by molar-refractivity contribution is -0.120. The van der Waals surface area contributed by atoms with E-state index in [1.807, 2.05) is 33.0 Å². The number of ether oxygens (including phenoxy) is 1. The molecule has 1 aromatic rings. The van der Waals surface area contributed by atoms with Gasteiger partial charge in [-0.3, -0.25) is 4.79 Å². The highest BCUT2D eigenvalue weighted by Crippen LogP contribution is 2.19. The van der Waals surface area contributed by atoms with Crippen LogP contribution < -0.4 is 10.1 Å². The van der Waals surface area contributed by atoms with Crippen molar-refractivity contribution in [3.05, 3.63) is 17.8 Å². The van der Waals surface area contributed by atoms with Crippen molar-refractivity contribution in [2.24, 2.45) is 5.92 Å². The van der Waals surface area contributed by atoms with Gasteiger partial charge in [-0.2, -0.15) is 5.10 Å². The fourth-order valence-corrected chi connectivity index (χ4v) is 1.72. The van der Waals surface area contributed by atoms with Crippen molar-refractivity contribution < 1.29 is 9.53 Å². The molecule has 112 valence electrons. The number of rotatable bonds is 6. The number of hydrogen-bond acceptors (Lipinski definition) is 3. The first-order chi connectivity index (χ1) is 9.21. The summed E-state index contributed by atoms with van der Waals surface area (Å²) in [5.41, 5.74) is 0.564. The smallest absolute Gasteiger partial charge is 0.219 e. The number of carbonyl (C=O) groups is 1. The van der Waals surface area contributed by atoms with Crippen LogP contribution in [0.5, 0.6) is 5.88 Å². The molecule has 1 rings (SSSR count). The maximum atomic E-state index is 11.1. The summed E-state index contributed by atoms with van der Waals surface area (Å²) < 4.78 is 7.47. The van der Waals surface area contributed by atoms with E-state index in [1.165, 1.54) is 6.92 Å². The van der Waals surface area contributed by atoms with Crippen molar-refractivity contribution in [3.63, 3.8) is 0 Å². The van der Waals surface area contributed by atoms with Crippen LogP contribution in [-0.4, -0.2) is 27.8 Å². The monoisotopic (exact) mass is 279 g/mol. The molecule has 1 aromatic heterocycles. The van der Waals surface area contributed by atoms with Crippen LogP contribution >= 0.6 is 0 Å². The average Bonchev–Trinajstić information content (AvgIpc) is 2.63. The van der Waals surface area contributed by atoms with Gasteiger partial charge in [0.2, 0.25) is 11.8 Å². The predicted molar refractivity (Wildman–Crippen MR) is 80.5 cm³/mol. The minimum Gasteiger partial charge on any atom is -0.477 e. The van der Waals surface area contributed by atoms with Gasteiger partial charge in [0.25, 0.3) is 0 Å². The fraction of sp³-hybridized carbons (Fsp3) is 0.600. The minimum atomic E-state index is -0.430. The molecule has 0 aromatic carbocycles. The van der Waals surface area contributed by atoms with E-state index in [-0.39, 0.29) is 5.91 Å². The van der Waals surface area contributed by atoms with Crippen LogP contribution in [-0.2, 0) is 4.79 Å². The molecule has 0 atom stereocenters. The number of hydrogen-bond donors (Lipinski definition) is 1. The quantitative estimate of drug-likeness (QED) is 0.871. The Balaban J connectivity index is 2.84. The first kappa shape index (κ1) is 16.3. The highest BCUT2D eigenvalue weighted by atomic mass is 16.5. The normalized spacial score (nSPS) is 12.2. The van der Waals surface area contributed by atoms with Crippen molar-refractivity contribution in [3.8, 4) is 5.88 Å². The second kappa shape index (κ2) is 6.59. The van der Waals surface area contributed by atoms with Crippen LogP contribution in [0.25, 0.3) is 6.20 Å². The van der Waals surface area contributed by atoms with Gasteiger partial charge in [0, 0.05) is 18.7 Å². The van der Waals surface area contributed by atoms with E-state index < -0.39 is 5.54 Å². The van der Waals surface area contributed by atoms with Crippen molar-refractivity contribution in [1.29, 1.82) is 0 Å². The highest BCUT2D eigenvalue weighted by Gasteiger charge is 2.15. The number of aromatic nitrogens is 2. The molecule has 5 nitrogen and oxygen atoms in total. The van der Waals surface area contributed by atoms with Crippen LogP contribution in [0.4, 0.5) is 0 Å². The number of nitrogens with one attached hydrogen (secondary N) is 1. The summed E-state index contributed by atoms with van der Waals surface area (Å²) in [6.45, 7) is 12.2. The summed E-state index contributed by atoms with van der Waals surface area (Å²) in [5, 5.41) is 7.13. The second-order valence-corrected chi connectivity index (χ2v) is 6.00. The standard InChI is InChI=1S/C15H25N3O2/c1-11(2)10-20-14-12(3)9-16-18(14)8-7-15(5,6)17-13(4)19/h7-9,11H,10H2,1-6H3,(H,17,19)/b8-7+. The van der Waals surface area contributed by atoms with Gasteiger partial charge in [-0.25, -0.2) is 4.68 Å². The Kier molecular flexibility index (Phi) is 5.36. The second-order valence-electron chi connectivity index (χ2n) is 6.00. The highest BCUT2D eigenvalue weighted by molar-refractivity contribution is 5.74. The molecule has 0 unspecified atom stereocenters. The van der Waals surface area contributed by atoms with Crippen LogP contribution in [0.3, 0.4) is 0 Å². The Morgan fingerprint density at radius 2 is 2.20 bits per heavy atom. The van der Waals surface area contributed by atoms with E-state index in [1.54, 1.807) is 10.9 Å². The third kappa shape index (κ3) is 5.07. The number of amides is 1. The van der Waals surface area contributed by atoms with Gasteiger partial charge in [0.15, 0.2) is 0 Å². The average molecular weight is 279 g/mol. The molecule has 0 saturated heterocycles. The van der Waals surface area contributed by atoms with Gasteiger partial charge < -0.3 is 10.1 Å². The molecule has 0 spiro atoms. The summed E-state index contributed by atoms with van der Waals surface area (Å²) in [7, 11) is 0. The lowest BCUT2D eigenvalue weighted by Gasteiger charge is -2.21. The van der Waals surface area contributed by atoms with Crippen LogP contribution in [0.15, 0.2) is 12.3 Å². The third-order valence-electron chi connectivity index (χ3n) is 2.61. The zero-order chi connectivity index (χ0) is 15.3. The van der Waals surface area contributed by atoms with Crippen LogP contribution in [0, 0.1) is 12.8 Å². The molecule has 0 fully saturated rings. The fourth-order valence-electron chi connectivity index (χ4n) is 1.72. The van der Waals surface area contributed by atoms with Gasteiger partial charge in [0.05, 0.1) is 18.3 Å². The summed E-state index contributed by atoms with van der Waals surface area (Å²) in [5.74, 6) is 1.14. The molecule has 5 heteroatoms. The molecular weight excluding hydrogens is 254 g/mol. The molecule has 1 heterocycles. The molecule has 0 aliphatic heterocycles. The summed E-state index contributed by atoms with van der Waals surface area (Å²) in [6, 6.07) is 0. The summed E-state index contributed by atoms with van der Waals surface area (Å²) >= 11 is 0. The Labute approximate surface area is 121 Å². The van der Waals surface area contributed by atoms with Gasteiger partial charge >= 0.3 is 0 Å². The summed E-state index contributed by atoms with van der Waals surface area (Å²) in [4.78, 5) is 11.1. The van der Waals surface area contributed by atoms with Crippen molar-refractivity contribution in [1.82, 2.24) is 15.1 Å². The van der Waals surface area contributed by atoms with Crippen molar-refractivity contribution >= 4 is 12.1 Å². The zero-order valence-corrected chi connectivity index (χ0v) is 13.2. The van der Waals surface area contributed by atoms with Gasteiger partial charge in [0.1, 0.15) is 0 Å². The molecule has 20 heavy (non-hydrogen) atoms. The van der Waals surface area contributed by atoms with E-state index in [0.717, 1.165) is 11.4 Å². The molecule has 0 saturated carbocycles. The molecule has 1 N–H and O–H groups in total. The number of carbonyl (C=O) groups excluding carboxylic acids is 1. The molecule has 0 aliphatic carbocycles. The van der Waals surface area contributed by atoms with Gasteiger partial charge in [-0.1, -0.05) is 13.8 Å². The maximum Gasteiger partial charge on any atom is 0.219 e. The topological polar surface area (TPSA) is 56.2 Å². The lowest BCUT2D eigenvalue weighted by atomic mass is 10.1. The Bertz CT molecular complexity index is 487. The SMILES string of the molecule is CC(=O)NC(C)(C)/C=C/n1ncc(C)c1OCC(C)C. The minimum absolute atomic E-state index is 0.0624. The Hall–Kier alpha value is -1.78. The first-order valence-electron chi connectivity index (χ1n) is 6.86. The zero-order valence-electron chi connectivity index (χ0n) is 13.2. The molecule has 0 radical (unpaired) electrons. The predicted octanol–water partition coefficient (Wildman–Crippen LogP) is 2.61. The van der Waals surface area contributed by atoms with E-state index in [4.69, 9.17) is 4.74 Å². The first-order valence-corrected chi connectivity index (χ1v) is 6.86. The Morgan fingerprint density at radius 3 is 2.75 bits per heavy atom. The van der Waals surface area contributed by atoms with E-state index in [2.05, 4.69) is 24.3 Å². The molecule has 0 bridgehead atoms. The van der Waals surface area contributed by atoms with Gasteiger partial charge in [-0.05, 0) is 32.8 Å². The third-order valence-corrected chi connectivity index (χ3v) is 2.61. The molecule has 0 aliphatic rings. The summed E-state index contributed by atoms with van der Waals surface area (Å²) in [6.07, 6.45) is 5.48. The number of aryl methyl sites for hydroxylation is 1. The Morgan fingerprint density at radius 1 is 1.55 bits per heavy atom. The van der Waals surface area contributed by atoms with E-state index in [9.17, 15) is 4.79 Å². The largest absolute Gasteiger partial charge is 0.477 e. The van der Waals surface area contributed by atoms with Crippen LogP contribution in [0.2, 0.25) is 0 Å². The van der Waals surface area contributed by atoms with E-state index >= 15 is 0 Å². The van der Waals surface area contributed by atoms with Gasteiger partial charge in [-0.15, -0.1) is 0 Å². The van der Waals surface area contributed by atoms with Crippen molar-refractivity contribution in [2.45, 2.75) is 47.1 Å². The lowest BCUT2D eigenvalue weighted by Crippen LogP contribution is -2.40. The van der Waals surface area contributed by atoms with E-state index in [0.29, 0.717) is 12.5 Å². The van der Waals surface area contributed by atoms with Crippen molar-refractivity contribution in [2.75, 3.05) is 6.61 Å². The molecular formula is C15H25N3O2. The number of nitrogens with zero attached hydrogens (tertiary/aromatic N) is 2.